The fourth-order valence-corrected chi connectivity index (χ4v) is 1.48. The number of guanidine groups is 1. The summed E-state index contributed by atoms with van der Waals surface area (Å²) in [6, 6.07) is 8.28. The van der Waals surface area contributed by atoms with Gasteiger partial charge in [-0.25, -0.2) is 0 Å². The van der Waals surface area contributed by atoms with Crippen LogP contribution in [0.1, 0.15) is 25.8 Å². The van der Waals surface area contributed by atoms with Gasteiger partial charge in [0.1, 0.15) is 0 Å². The number of anilines is 1. The molecule has 0 amide bonds. The van der Waals surface area contributed by atoms with Gasteiger partial charge >= 0.3 is 0 Å². The van der Waals surface area contributed by atoms with Gasteiger partial charge in [-0.05, 0) is 31.0 Å². The van der Waals surface area contributed by atoms with E-state index in [1.165, 1.54) is 5.56 Å². The van der Waals surface area contributed by atoms with Crippen molar-refractivity contribution in [1.29, 1.82) is 0 Å². The Kier molecular flexibility index (Phi) is 5.40. The minimum absolute atomic E-state index is 0.891. The van der Waals surface area contributed by atoms with Gasteiger partial charge in [0.25, 0.3) is 0 Å². The van der Waals surface area contributed by atoms with Gasteiger partial charge in [-0.15, -0.1) is 0 Å². The van der Waals surface area contributed by atoms with Crippen LogP contribution in [0, 0.1) is 6.92 Å². The van der Waals surface area contributed by atoms with Crippen molar-refractivity contribution in [2.45, 2.75) is 27.2 Å². The summed E-state index contributed by atoms with van der Waals surface area (Å²) in [5.41, 5.74) is 2.35. The lowest BCUT2D eigenvalue weighted by Crippen LogP contribution is -2.35. The highest BCUT2D eigenvalue weighted by atomic mass is 15.2. The van der Waals surface area contributed by atoms with E-state index < -0.39 is 0 Å². The molecule has 0 atom stereocenters. The Morgan fingerprint density at radius 2 is 2.12 bits per heavy atom. The van der Waals surface area contributed by atoms with Crippen LogP contribution in [0.25, 0.3) is 0 Å². The van der Waals surface area contributed by atoms with Gasteiger partial charge in [-0.2, -0.15) is 0 Å². The molecule has 1 aromatic carbocycles. The number of aryl methyl sites for hydroxylation is 1. The SMILES string of the molecule is CC.Cc1cccc(NC2=NCCCN2)c1. The maximum Gasteiger partial charge on any atom is 0.195 e. The molecule has 0 saturated heterocycles. The monoisotopic (exact) mass is 219 g/mol. The summed E-state index contributed by atoms with van der Waals surface area (Å²) in [5, 5.41) is 6.49. The number of hydrogen-bond donors (Lipinski definition) is 2. The zero-order valence-corrected chi connectivity index (χ0v) is 10.4. The number of nitrogens with one attached hydrogen (secondary N) is 2. The maximum absolute atomic E-state index is 4.35. The predicted octanol–water partition coefficient (Wildman–Crippen LogP) is 2.78. The molecule has 0 saturated carbocycles. The number of nitrogens with zero attached hydrogens (tertiary/aromatic N) is 1. The molecular weight excluding hydrogens is 198 g/mol. The van der Waals surface area contributed by atoms with Crippen LogP contribution in [0.2, 0.25) is 0 Å². The standard InChI is InChI=1S/C11H15N3.C2H6/c1-9-4-2-5-10(8-9)14-11-12-6-3-7-13-11;1-2/h2,4-5,8H,3,6-7H2,1H3,(H2,12,13,14);1-2H3. The first-order valence-corrected chi connectivity index (χ1v) is 5.96. The molecule has 0 bridgehead atoms. The van der Waals surface area contributed by atoms with E-state index in [1.54, 1.807) is 0 Å². The van der Waals surface area contributed by atoms with E-state index in [2.05, 4.69) is 34.7 Å². The first kappa shape index (κ1) is 12.6. The smallest absolute Gasteiger partial charge is 0.195 e. The molecule has 0 aliphatic carbocycles. The van der Waals surface area contributed by atoms with Crippen LogP contribution < -0.4 is 10.6 Å². The van der Waals surface area contributed by atoms with Crippen molar-refractivity contribution in [3.8, 4) is 0 Å². The normalized spacial score (nSPS) is 14.1. The van der Waals surface area contributed by atoms with Gasteiger partial charge < -0.3 is 10.6 Å². The topological polar surface area (TPSA) is 36.4 Å². The van der Waals surface area contributed by atoms with E-state index >= 15 is 0 Å². The zero-order chi connectivity index (χ0) is 11.8. The molecule has 0 unspecified atom stereocenters. The highest BCUT2D eigenvalue weighted by Gasteiger charge is 2.03. The number of aliphatic imine (C=N–C) groups is 1. The summed E-state index contributed by atoms with van der Waals surface area (Å²) in [6.45, 7) is 8.01. The van der Waals surface area contributed by atoms with E-state index in [0.717, 1.165) is 31.2 Å². The van der Waals surface area contributed by atoms with Gasteiger partial charge in [0, 0.05) is 18.8 Å². The van der Waals surface area contributed by atoms with E-state index in [-0.39, 0.29) is 0 Å². The van der Waals surface area contributed by atoms with Crippen LogP contribution in [-0.4, -0.2) is 19.0 Å². The second-order valence-corrected chi connectivity index (χ2v) is 3.51. The summed E-state index contributed by atoms with van der Waals surface area (Å²) in [4.78, 5) is 4.35. The molecule has 3 heteroatoms. The first-order valence-electron chi connectivity index (χ1n) is 5.96. The minimum atomic E-state index is 0.891. The lowest BCUT2D eigenvalue weighted by atomic mass is 10.2. The third-order valence-electron chi connectivity index (χ3n) is 2.18. The Hall–Kier alpha value is -1.51. The summed E-state index contributed by atoms with van der Waals surface area (Å²) >= 11 is 0. The Labute approximate surface area is 98.0 Å². The van der Waals surface area contributed by atoms with E-state index in [1.807, 2.05) is 26.0 Å². The average Bonchev–Trinajstić information content (AvgIpc) is 2.33. The first-order chi connectivity index (χ1) is 7.84. The molecule has 1 aromatic rings. The Morgan fingerprint density at radius 3 is 2.75 bits per heavy atom. The molecule has 1 aliphatic rings. The molecule has 0 aromatic heterocycles. The average molecular weight is 219 g/mol. The van der Waals surface area contributed by atoms with Crippen molar-refractivity contribution >= 4 is 11.6 Å². The van der Waals surface area contributed by atoms with Crippen molar-refractivity contribution in [3.63, 3.8) is 0 Å². The summed E-state index contributed by atoms with van der Waals surface area (Å²) in [7, 11) is 0. The van der Waals surface area contributed by atoms with Crippen molar-refractivity contribution in [2.24, 2.45) is 4.99 Å². The third-order valence-corrected chi connectivity index (χ3v) is 2.18. The van der Waals surface area contributed by atoms with Crippen LogP contribution in [0.3, 0.4) is 0 Å². The van der Waals surface area contributed by atoms with Crippen LogP contribution in [0.4, 0.5) is 5.69 Å². The fourth-order valence-electron chi connectivity index (χ4n) is 1.48. The van der Waals surface area contributed by atoms with Crippen molar-refractivity contribution < 1.29 is 0 Å². The molecule has 2 N–H and O–H groups in total. The Balaban J connectivity index is 0.000000606. The highest BCUT2D eigenvalue weighted by Crippen LogP contribution is 2.09. The minimum Gasteiger partial charge on any atom is -0.356 e. The van der Waals surface area contributed by atoms with Gasteiger partial charge in [-0.3, -0.25) is 4.99 Å². The number of benzene rings is 1. The fraction of sp³-hybridized carbons (Fsp3) is 0.462. The third kappa shape index (κ3) is 3.93. The molecule has 3 nitrogen and oxygen atoms in total. The largest absolute Gasteiger partial charge is 0.356 e. The van der Waals surface area contributed by atoms with Crippen LogP contribution >= 0.6 is 0 Å². The molecule has 1 aliphatic heterocycles. The molecule has 16 heavy (non-hydrogen) atoms. The highest BCUT2D eigenvalue weighted by molar-refractivity contribution is 5.93. The zero-order valence-electron chi connectivity index (χ0n) is 10.4. The predicted molar refractivity (Wildman–Crippen MR) is 71.1 cm³/mol. The lowest BCUT2D eigenvalue weighted by molar-refractivity contribution is 0.740. The summed E-state index contributed by atoms with van der Waals surface area (Å²) < 4.78 is 0. The van der Waals surface area contributed by atoms with Gasteiger partial charge in [-0.1, -0.05) is 26.0 Å². The van der Waals surface area contributed by atoms with Crippen LogP contribution in [0.5, 0.6) is 0 Å². The molecule has 0 radical (unpaired) electrons. The van der Waals surface area contributed by atoms with Gasteiger partial charge in [0.2, 0.25) is 0 Å². The molecular formula is C13H21N3. The van der Waals surface area contributed by atoms with Crippen molar-refractivity contribution in [3.05, 3.63) is 29.8 Å². The van der Waals surface area contributed by atoms with E-state index in [9.17, 15) is 0 Å². The molecule has 2 rings (SSSR count). The second kappa shape index (κ2) is 6.88. The Bertz CT molecular complexity index is 345. The van der Waals surface area contributed by atoms with E-state index in [0.29, 0.717) is 0 Å². The molecule has 1 heterocycles. The second-order valence-electron chi connectivity index (χ2n) is 3.51. The van der Waals surface area contributed by atoms with Crippen molar-refractivity contribution in [2.75, 3.05) is 18.4 Å². The Morgan fingerprint density at radius 1 is 1.31 bits per heavy atom. The summed E-state index contributed by atoms with van der Waals surface area (Å²) in [5.74, 6) is 0.891. The van der Waals surface area contributed by atoms with Gasteiger partial charge in [0.15, 0.2) is 5.96 Å². The van der Waals surface area contributed by atoms with E-state index in [4.69, 9.17) is 0 Å². The lowest BCUT2D eigenvalue weighted by Gasteiger charge is -2.16. The van der Waals surface area contributed by atoms with Crippen LogP contribution in [-0.2, 0) is 0 Å². The number of hydrogen-bond acceptors (Lipinski definition) is 3. The molecule has 88 valence electrons. The quantitative estimate of drug-likeness (QED) is 0.762. The maximum atomic E-state index is 4.35. The summed E-state index contributed by atoms with van der Waals surface area (Å²) in [6.07, 6.45) is 1.12. The van der Waals surface area contributed by atoms with Crippen molar-refractivity contribution in [1.82, 2.24) is 5.32 Å². The molecule has 0 spiro atoms. The van der Waals surface area contributed by atoms with Gasteiger partial charge in [0.05, 0.1) is 0 Å². The van der Waals surface area contributed by atoms with Crippen LogP contribution in [0.15, 0.2) is 29.3 Å². The number of rotatable bonds is 1. The molecule has 0 fully saturated rings.